The molecule has 0 amide bonds. The highest BCUT2D eigenvalue weighted by molar-refractivity contribution is 5.87. The van der Waals surface area contributed by atoms with Gasteiger partial charge in [0.2, 0.25) is 0 Å². The van der Waals surface area contributed by atoms with E-state index in [0.717, 1.165) is 24.7 Å². The molecule has 0 heterocycles. The Kier molecular flexibility index (Phi) is 12.5. The van der Waals surface area contributed by atoms with Crippen LogP contribution in [0.1, 0.15) is 144 Å². The SMILES string of the molecule is Cc1cc(-c2ccccc2OCC2CCCCC2COc2ccccc2-c2cc(C)cc(-c3c4c(cc5c3CCCC5)CCCC4)c2C)c(C)c(-c2c3c(cc4c2CCCC4)CCCC3)c1. The van der Waals surface area contributed by atoms with Crippen molar-refractivity contribution in [2.75, 3.05) is 13.2 Å². The second kappa shape index (κ2) is 18.9. The lowest BCUT2D eigenvalue weighted by Crippen LogP contribution is -2.30. The van der Waals surface area contributed by atoms with Gasteiger partial charge in [-0.3, -0.25) is 0 Å². The Hall–Kier alpha value is -5.08. The summed E-state index contributed by atoms with van der Waals surface area (Å²) < 4.78 is 14.1. The van der Waals surface area contributed by atoms with Crippen molar-refractivity contribution in [3.05, 3.63) is 152 Å². The van der Waals surface area contributed by atoms with Crippen LogP contribution in [-0.2, 0) is 51.4 Å². The number of benzene rings is 6. The molecule has 11 rings (SSSR count). The number of fused-ring (bicyclic) bond motifs is 4. The summed E-state index contributed by atoms with van der Waals surface area (Å²) in [5.41, 5.74) is 29.7. The fourth-order valence-electron chi connectivity index (χ4n) is 13.5. The molecule has 0 bridgehead atoms. The zero-order valence-corrected chi connectivity index (χ0v) is 40.6. The maximum atomic E-state index is 7.04. The predicted octanol–water partition coefficient (Wildman–Crippen LogP) is 16.4. The monoisotopic (exact) mass is 873 g/mol. The zero-order chi connectivity index (χ0) is 44.7. The molecule has 66 heavy (non-hydrogen) atoms. The van der Waals surface area contributed by atoms with Gasteiger partial charge in [0, 0.05) is 11.1 Å². The highest BCUT2D eigenvalue weighted by Gasteiger charge is 2.30. The van der Waals surface area contributed by atoms with E-state index >= 15 is 0 Å². The second-order valence-electron chi connectivity index (χ2n) is 21.3. The molecule has 6 aromatic carbocycles. The lowest BCUT2D eigenvalue weighted by Gasteiger charge is -2.32. The van der Waals surface area contributed by atoms with Crippen LogP contribution in [0.25, 0.3) is 44.5 Å². The van der Waals surface area contributed by atoms with Crippen LogP contribution < -0.4 is 9.47 Å². The predicted molar refractivity (Wildman–Crippen MR) is 277 cm³/mol. The fourth-order valence-corrected chi connectivity index (χ4v) is 13.5. The third-order valence-electron chi connectivity index (χ3n) is 16.9. The number of ether oxygens (including phenoxy) is 2. The van der Waals surface area contributed by atoms with Gasteiger partial charge in [-0.2, -0.15) is 0 Å². The van der Waals surface area contributed by atoms with Crippen molar-refractivity contribution >= 4 is 0 Å². The lowest BCUT2D eigenvalue weighted by atomic mass is 9.76. The van der Waals surface area contributed by atoms with Crippen molar-refractivity contribution in [3.8, 4) is 56.0 Å². The van der Waals surface area contributed by atoms with Crippen molar-refractivity contribution < 1.29 is 9.47 Å². The molecular weight excluding hydrogens is 801 g/mol. The van der Waals surface area contributed by atoms with E-state index in [1.807, 2.05) is 0 Å². The Morgan fingerprint density at radius 1 is 0.364 bits per heavy atom. The van der Waals surface area contributed by atoms with Crippen LogP contribution in [0.15, 0.2) is 84.9 Å². The van der Waals surface area contributed by atoms with Crippen LogP contribution >= 0.6 is 0 Å². The number of para-hydroxylation sites is 2. The van der Waals surface area contributed by atoms with E-state index in [0.29, 0.717) is 11.8 Å². The van der Waals surface area contributed by atoms with Crippen molar-refractivity contribution in [2.45, 2.75) is 156 Å². The minimum atomic E-state index is 0.443. The molecule has 5 aliphatic rings. The Bertz CT molecular complexity index is 2530. The van der Waals surface area contributed by atoms with Crippen molar-refractivity contribution in [1.29, 1.82) is 0 Å². The van der Waals surface area contributed by atoms with E-state index in [4.69, 9.17) is 9.47 Å². The summed E-state index contributed by atoms with van der Waals surface area (Å²) in [5.74, 6) is 2.91. The topological polar surface area (TPSA) is 18.5 Å². The first kappa shape index (κ1) is 43.5. The highest BCUT2D eigenvalue weighted by atomic mass is 16.5. The van der Waals surface area contributed by atoms with Crippen LogP contribution in [0.2, 0.25) is 0 Å². The Morgan fingerprint density at radius 3 is 1.08 bits per heavy atom. The molecule has 1 fully saturated rings. The van der Waals surface area contributed by atoms with Crippen molar-refractivity contribution in [3.63, 3.8) is 0 Å². The molecule has 0 N–H and O–H groups in total. The second-order valence-corrected chi connectivity index (χ2v) is 21.3. The molecule has 0 saturated heterocycles. The van der Waals surface area contributed by atoms with E-state index in [1.165, 1.54) is 184 Å². The van der Waals surface area contributed by atoms with E-state index in [9.17, 15) is 0 Å². The van der Waals surface area contributed by atoms with E-state index in [1.54, 1.807) is 55.6 Å². The van der Waals surface area contributed by atoms with Gasteiger partial charge < -0.3 is 9.47 Å². The minimum Gasteiger partial charge on any atom is -0.493 e. The number of rotatable bonds is 10. The van der Waals surface area contributed by atoms with Gasteiger partial charge in [0.15, 0.2) is 0 Å². The third-order valence-corrected chi connectivity index (χ3v) is 16.9. The molecule has 2 atom stereocenters. The molecule has 0 aliphatic heterocycles. The molecule has 0 radical (unpaired) electrons. The number of hydrogen-bond donors (Lipinski definition) is 0. The maximum Gasteiger partial charge on any atom is 0.127 e. The van der Waals surface area contributed by atoms with Gasteiger partial charge in [-0.15, -0.1) is 0 Å². The van der Waals surface area contributed by atoms with Crippen molar-refractivity contribution in [2.24, 2.45) is 11.8 Å². The van der Waals surface area contributed by atoms with Gasteiger partial charge in [-0.25, -0.2) is 0 Å². The summed E-state index contributed by atoms with van der Waals surface area (Å²) in [6.07, 6.45) is 25.1. The zero-order valence-electron chi connectivity index (χ0n) is 40.6. The van der Waals surface area contributed by atoms with E-state index in [2.05, 4.69) is 113 Å². The standard InChI is InChI=1S/C64H72O2/c1-41-33-57(43(3)59(35-41)63-51-25-11-7-19-45(51)37-46-20-8-12-26-52(46)63)55-29-15-17-31-61(55)65-39-49-23-5-6-24-50(49)40-66-62-32-18-16-30-56(62)58-34-42(2)36-60(44(58)4)64-53-27-13-9-21-47(53)38-48-22-10-14-28-54(48)64/h15-18,29-38,49-50H,5-14,19-28,39-40H2,1-4H3. The molecule has 0 spiro atoms. The molecule has 2 unspecified atom stereocenters. The van der Waals surface area contributed by atoms with Crippen molar-refractivity contribution in [1.82, 2.24) is 0 Å². The van der Waals surface area contributed by atoms with E-state index < -0.39 is 0 Å². The first-order valence-corrected chi connectivity index (χ1v) is 26.4. The Morgan fingerprint density at radius 2 is 0.697 bits per heavy atom. The first-order chi connectivity index (χ1) is 32.4. The maximum absolute atomic E-state index is 7.04. The van der Waals surface area contributed by atoms with Gasteiger partial charge in [0.25, 0.3) is 0 Å². The molecule has 2 nitrogen and oxygen atoms in total. The molecular formula is C64H72O2. The molecule has 5 aliphatic carbocycles. The van der Waals surface area contributed by atoms with Crippen LogP contribution in [0.5, 0.6) is 11.5 Å². The molecule has 340 valence electrons. The van der Waals surface area contributed by atoms with Crippen LogP contribution in [0.3, 0.4) is 0 Å². The third kappa shape index (κ3) is 8.34. The van der Waals surface area contributed by atoms with Gasteiger partial charge >= 0.3 is 0 Å². The van der Waals surface area contributed by atoms with Crippen LogP contribution in [-0.4, -0.2) is 13.2 Å². The molecule has 0 aromatic heterocycles. The molecule has 6 aromatic rings. The van der Waals surface area contributed by atoms with Crippen LogP contribution in [0.4, 0.5) is 0 Å². The Balaban J connectivity index is 0.857. The minimum absolute atomic E-state index is 0.443. The Labute approximate surface area is 396 Å². The summed E-state index contributed by atoms with van der Waals surface area (Å²) in [7, 11) is 0. The summed E-state index contributed by atoms with van der Waals surface area (Å²) in [5, 5.41) is 0. The molecule has 1 saturated carbocycles. The normalized spacial score (nSPS) is 19.0. The average Bonchev–Trinajstić information content (AvgIpc) is 3.35. The highest BCUT2D eigenvalue weighted by Crippen LogP contribution is 2.47. The first-order valence-electron chi connectivity index (χ1n) is 26.4. The largest absolute Gasteiger partial charge is 0.493 e. The summed E-state index contributed by atoms with van der Waals surface area (Å²) in [6, 6.07) is 32.8. The average molecular weight is 873 g/mol. The van der Waals surface area contributed by atoms with E-state index in [-0.39, 0.29) is 0 Å². The van der Waals surface area contributed by atoms with Gasteiger partial charge in [-0.05, 0) is 267 Å². The lowest BCUT2D eigenvalue weighted by molar-refractivity contribution is 0.105. The van der Waals surface area contributed by atoms with Gasteiger partial charge in [0.1, 0.15) is 11.5 Å². The summed E-state index contributed by atoms with van der Waals surface area (Å²) in [4.78, 5) is 0. The van der Waals surface area contributed by atoms with Gasteiger partial charge in [-0.1, -0.05) is 85.6 Å². The number of hydrogen-bond acceptors (Lipinski definition) is 2. The number of aryl methyl sites for hydroxylation is 6. The summed E-state index contributed by atoms with van der Waals surface area (Å²) in [6.45, 7) is 10.8. The smallest absolute Gasteiger partial charge is 0.127 e. The van der Waals surface area contributed by atoms with Crippen LogP contribution in [0, 0.1) is 39.5 Å². The molecule has 2 heteroatoms. The summed E-state index contributed by atoms with van der Waals surface area (Å²) >= 11 is 0. The quantitative estimate of drug-likeness (QED) is 0.137. The fraction of sp³-hybridized carbons (Fsp3) is 0.438. The van der Waals surface area contributed by atoms with Gasteiger partial charge in [0.05, 0.1) is 13.2 Å².